The van der Waals surface area contributed by atoms with E-state index in [1.54, 1.807) is 37.3 Å². The summed E-state index contributed by atoms with van der Waals surface area (Å²) < 4.78 is 33.0. The van der Waals surface area contributed by atoms with Gasteiger partial charge in [0.2, 0.25) is 5.60 Å². The van der Waals surface area contributed by atoms with Gasteiger partial charge in [0.25, 0.3) is 5.91 Å². The van der Waals surface area contributed by atoms with E-state index in [0.717, 1.165) is 43.0 Å². The number of carbonyl (C=O) groups excluding carboxylic acids is 3. The van der Waals surface area contributed by atoms with Crippen LogP contribution in [-0.4, -0.2) is 70.1 Å². The van der Waals surface area contributed by atoms with E-state index in [1.807, 2.05) is 24.3 Å². The number of ketones is 1. The molecule has 0 fully saturated rings. The number of Topliss-reactive ketones (excluding diaryl/α,β-unsaturated/α-hetero) is 1. The van der Waals surface area contributed by atoms with Crippen molar-refractivity contribution in [1.29, 1.82) is 0 Å². The lowest BCUT2D eigenvalue weighted by Crippen LogP contribution is -2.55. The topological polar surface area (TPSA) is 164 Å². The maximum absolute atomic E-state index is 14.1. The van der Waals surface area contributed by atoms with E-state index in [4.69, 9.17) is 9.57 Å². The van der Waals surface area contributed by atoms with Crippen LogP contribution in [0.3, 0.4) is 0 Å². The number of esters is 1. The van der Waals surface area contributed by atoms with Crippen molar-refractivity contribution >= 4 is 29.3 Å². The van der Waals surface area contributed by atoms with Crippen LogP contribution < -0.4 is 10.6 Å². The smallest absolute Gasteiger partial charge is 0.344 e. The summed E-state index contributed by atoms with van der Waals surface area (Å²) >= 11 is 0. The summed E-state index contributed by atoms with van der Waals surface area (Å²) in [5, 5.41) is 30.9. The number of rotatable bonds is 15. The first-order valence-corrected chi connectivity index (χ1v) is 16.5. The fraction of sp³-hybridized carbons (Fsp3) is 0.342. The number of aliphatic carboxylic acids is 1. The molecule has 1 aliphatic heterocycles. The molecule has 1 amide bonds. The third kappa shape index (κ3) is 8.73. The van der Waals surface area contributed by atoms with Crippen LogP contribution in [0.25, 0.3) is 0 Å². The van der Waals surface area contributed by atoms with E-state index in [2.05, 4.69) is 22.4 Å². The number of aliphatic hydroxyl groups is 1. The summed E-state index contributed by atoms with van der Waals surface area (Å²) in [7, 11) is 0. The van der Waals surface area contributed by atoms with Crippen molar-refractivity contribution in [3.05, 3.63) is 119 Å². The predicted molar refractivity (Wildman–Crippen MR) is 182 cm³/mol. The molecule has 4 N–H and O–H groups in total. The molecular weight excluding hydrogens is 664 g/mol. The Morgan fingerprint density at radius 2 is 1.73 bits per heavy atom. The minimum absolute atomic E-state index is 0.0380. The number of ether oxygens (including phenoxy) is 1. The summed E-state index contributed by atoms with van der Waals surface area (Å²) in [5.41, 5.74) is 1.03. The summed E-state index contributed by atoms with van der Waals surface area (Å²) in [6, 6.07) is 17.1. The number of aryl methyl sites for hydroxylation is 1. The number of carboxylic acid groups (broad SMARTS) is 1. The van der Waals surface area contributed by atoms with Crippen LogP contribution >= 0.6 is 0 Å². The molecule has 1 heterocycles. The highest BCUT2D eigenvalue weighted by Crippen LogP contribution is 2.35. The number of nitrogens with one attached hydrogen (secondary N) is 2. The molecule has 3 unspecified atom stereocenters. The van der Waals surface area contributed by atoms with Crippen LogP contribution in [0.4, 0.5) is 8.78 Å². The van der Waals surface area contributed by atoms with Crippen molar-refractivity contribution in [3.63, 3.8) is 0 Å². The molecule has 0 spiro atoms. The van der Waals surface area contributed by atoms with Gasteiger partial charge in [-0.1, -0.05) is 78.0 Å². The van der Waals surface area contributed by atoms with Gasteiger partial charge in [0.15, 0.2) is 12.4 Å². The van der Waals surface area contributed by atoms with Crippen LogP contribution in [-0.2, 0) is 36.8 Å². The molecule has 0 aromatic heterocycles. The van der Waals surface area contributed by atoms with E-state index >= 15 is 0 Å². The van der Waals surface area contributed by atoms with Gasteiger partial charge in [-0.15, -0.1) is 0 Å². The van der Waals surface area contributed by atoms with E-state index in [9.17, 15) is 38.2 Å². The average molecular weight is 704 g/mol. The zero-order valence-corrected chi connectivity index (χ0v) is 27.9. The van der Waals surface area contributed by atoms with Crippen LogP contribution in [0.1, 0.15) is 65.6 Å². The molecule has 2 aliphatic rings. The monoisotopic (exact) mass is 703 g/mol. The molecule has 0 saturated heterocycles. The van der Waals surface area contributed by atoms with E-state index in [1.165, 1.54) is 5.56 Å². The fourth-order valence-corrected chi connectivity index (χ4v) is 6.52. The van der Waals surface area contributed by atoms with Gasteiger partial charge < -0.3 is 25.1 Å². The molecule has 13 heteroatoms. The molecule has 3 aromatic rings. The Balaban J connectivity index is 1.34. The Bertz CT molecular complexity index is 1810. The maximum Gasteiger partial charge on any atom is 0.344 e. The summed E-state index contributed by atoms with van der Waals surface area (Å²) in [5.74, 6) is -7.47. The molecule has 0 saturated carbocycles. The first-order valence-electron chi connectivity index (χ1n) is 16.5. The molecule has 51 heavy (non-hydrogen) atoms. The summed E-state index contributed by atoms with van der Waals surface area (Å²) in [6.45, 7) is 4.75. The number of fused-ring (bicyclic) bond motifs is 1. The van der Waals surface area contributed by atoms with Gasteiger partial charge in [0, 0.05) is 18.8 Å². The lowest BCUT2D eigenvalue weighted by molar-refractivity contribution is -0.148. The minimum atomic E-state index is -1.77. The van der Waals surface area contributed by atoms with Gasteiger partial charge in [-0.25, -0.2) is 13.6 Å². The number of benzene rings is 3. The number of nitrogens with zero attached hydrogens (tertiary/aromatic N) is 1. The van der Waals surface area contributed by atoms with Crippen LogP contribution in [0.15, 0.2) is 90.1 Å². The number of aliphatic hydroxyl groups excluding tert-OH is 1. The largest absolute Gasteiger partial charge is 0.481 e. The number of amides is 1. The van der Waals surface area contributed by atoms with Gasteiger partial charge in [-0.3, -0.25) is 19.7 Å². The number of carboxylic acids is 1. The van der Waals surface area contributed by atoms with Crippen LogP contribution in [0, 0.1) is 11.6 Å². The zero-order chi connectivity index (χ0) is 36.7. The second-order valence-corrected chi connectivity index (χ2v) is 12.9. The highest BCUT2D eigenvalue weighted by Gasteiger charge is 2.49. The predicted octanol–water partition coefficient (Wildman–Crippen LogP) is 4.38. The Morgan fingerprint density at radius 3 is 2.41 bits per heavy atom. The third-order valence-electron chi connectivity index (χ3n) is 9.10. The van der Waals surface area contributed by atoms with Crippen LogP contribution in [0.5, 0.6) is 0 Å². The van der Waals surface area contributed by atoms with Crippen molar-refractivity contribution in [1.82, 2.24) is 10.6 Å². The number of oxime groups is 1. The zero-order valence-electron chi connectivity index (χ0n) is 27.9. The fourth-order valence-electron chi connectivity index (χ4n) is 6.52. The maximum atomic E-state index is 14.1. The number of hydrogen-bond acceptors (Lipinski definition) is 9. The van der Waals surface area contributed by atoms with Gasteiger partial charge in [0.1, 0.15) is 29.5 Å². The van der Waals surface area contributed by atoms with Crippen molar-refractivity contribution in [3.8, 4) is 0 Å². The van der Waals surface area contributed by atoms with E-state index in [0.29, 0.717) is 16.8 Å². The molecule has 0 bridgehead atoms. The van der Waals surface area contributed by atoms with Crippen molar-refractivity contribution < 1.29 is 47.7 Å². The minimum Gasteiger partial charge on any atom is -0.481 e. The molecule has 11 nitrogen and oxygen atoms in total. The Hall–Kier alpha value is -5.27. The SMILES string of the molecule is C=C(C)[C@H](NC(O)C1CCCc2ccccc21)C1=NOC(Cc2ccccc2)(C(=O)N[C@@H](CC(=O)O)C(=O)COC(=O)c2c(F)cccc2F)C1. The molecule has 268 valence electrons. The first-order chi connectivity index (χ1) is 24.4. The van der Waals surface area contributed by atoms with Gasteiger partial charge >= 0.3 is 11.9 Å². The second kappa shape index (κ2) is 16.2. The van der Waals surface area contributed by atoms with Gasteiger partial charge in [0.05, 0.1) is 18.2 Å². The van der Waals surface area contributed by atoms with Gasteiger partial charge in [-0.2, -0.15) is 0 Å². The Kier molecular flexibility index (Phi) is 11.7. The van der Waals surface area contributed by atoms with E-state index in [-0.39, 0.29) is 18.8 Å². The van der Waals surface area contributed by atoms with E-state index < -0.39 is 77.8 Å². The highest BCUT2D eigenvalue weighted by molar-refractivity contribution is 6.02. The Morgan fingerprint density at radius 1 is 1.04 bits per heavy atom. The molecule has 0 radical (unpaired) electrons. The standard InChI is InChI=1S/C38H39F2N3O8/c1-22(2)34(42-35(47)26-15-8-13-24-12-6-7-14-25(24)26)30-20-38(51-43-30,19-23-10-4-3-5-11-23)37(49)41-29(18-32(45)46)31(44)21-50-36(48)33-27(39)16-9-17-28(33)40/h3-7,9-12,14,16-17,26,29,34-35,42,47H,1,8,13,15,18-21H2,2H3,(H,41,49)(H,45,46)/t26?,29-,34-,35?,38?/m0/s1. The summed E-state index contributed by atoms with van der Waals surface area (Å²) in [4.78, 5) is 57.3. The molecule has 5 rings (SSSR count). The lowest BCUT2D eigenvalue weighted by atomic mass is 9.81. The van der Waals surface area contributed by atoms with Crippen molar-refractivity contribution in [2.75, 3.05) is 6.61 Å². The average Bonchev–Trinajstić information content (AvgIpc) is 3.53. The van der Waals surface area contributed by atoms with Crippen LogP contribution in [0.2, 0.25) is 0 Å². The van der Waals surface area contributed by atoms with Gasteiger partial charge in [-0.05, 0) is 55.0 Å². The number of carbonyl (C=O) groups is 4. The quantitative estimate of drug-likeness (QED) is 0.102. The normalized spacial score (nSPS) is 19.8. The van der Waals surface area contributed by atoms with Crippen molar-refractivity contribution in [2.24, 2.45) is 5.16 Å². The number of hydrogen-bond donors (Lipinski definition) is 4. The molecule has 1 aliphatic carbocycles. The highest BCUT2D eigenvalue weighted by atomic mass is 19.1. The molecular formula is C38H39F2N3O8. The second-order valence-electron chi connectivity index (χ2n) is 12.9. The molecule has 5 atom stereocenters. The van der Waals surface area contributed by atoms with Crippen molar-refractivity contribution in [2.45, 2.75) is 75.3 Å². The number of halogens is 2. The third-order valence-corrected chi connectivity index (χ3v) is 9.10. The summed E-state index contributed by atoms with van der Waals surface area (Å²) in [6.07, 6.45) is 0.520. The molecule has 3 aromatic carbocycles. The first kappa shape index (κ1) is 37.0. The lowest BCUT2D eigenvalue weighted by Gasteiger charge is -2.33. The Labute approximate surface area is 293 Å².